The Morgan fingerprint density at radius 1 is 0.941 bits per heavy atom. The number of phenolic OH excluding ortho intramolecular Hbond substituents is 1. The van der Waals surface area contributed by atoms with Crippen LogP contribution in [0.2, 0.25) is 0 Å². The monoisotopic (exact) mass is 925 g/mol. The van der Waals surface area contributed by atoms with Crippen LogP contribution in [0, 0.1) is 23.7 Å². The second kappa shape index (κ2) is 19.6. The first-order valence-electron chi connectivity index (χ1n) is 24.1. The Kier molecular flexibility index (Phi) is 13.4. The van der Waals surface area contributed by atoms with Gasteiger partial charge in [-0.1, -0.05) is 51.0 Å². The lowest BCUT2D eigenvalue weighted by molar-refractivity contribution is -0.142. The molecular formula is C51H64N12O5. The summed E-state index contributed by atoms with van der Waals surface area (Å²) in [4.78, 5) is 61.4. The number of benzene rings is 2. The van der Waals surface area contributed by atoms with Crippen molar-refractivity contribution in [3.8, 4) is 29.4 Å². The molecule has 5 aliphatic rings. The van der Waals surface area contributed by atoms with Crippen LogP contribution in [0.25, 0.3) is 11.3 Å². The fourth-order valence-electron chi connectivity index (χ4n) is 10.7. The second-order valence-electron chi connectivity index (χ2n) is 20.2. The third kappa shape index (κ3) is 9.88. The van der Waals surface area contributed by atoms with Crippen molar-refractivity contribution in [1.29, 1.82) is 0 Å². The summed E-state index contributed by atoms with van der Waals surface area (Å²) in [5.41, 5.74) is 4.40. The zero-order chi connectivity index (χ0) is 47.7. The standard InChI is InChI=1S/C51H64N12O5/c1-6-33-11-13-34(14-12-33)27-52-47(66)42-25-37(64)31-63(42)48(67)45(51(3,4)5)56-50(68)61-23-21-59(22-24-61)30-35-15-18-60(19-16-35)36-28-53-49(54-29-36)62-20-17-40-44(32(62)2)39-26-41(57-58-46(39)55-40)38-9-7-8-10-43(38)65/h1,7-14,26,28-29,32,35,37,40,42,44-45,64-65H,15-25,27,30-31H2,2-5H3,(H,52,66)(H,55,58)(H,56,68)/t32-,37+,40?,42-,44?,45+/m0/s1. The number of anilines is 3. The van der Waals surface area contributed by atoms with Gasteiger partial charge in [0.05, 0.1) is 29.9 Å². The van der Waals surface area contributed by atoms with E-state index in [1.165, 1.54) is 4.90 Å². The molecule has 0 radical (unpaired) electrons. The number of hydrogen-bond donors (Lipinski definition) is 5. The van der Waals surface area contributed by atoms with Crippen molar-refractivity contribution in [2.24, 2.45) is 11.3 Å². The minimum atomic E-state index is -0.900. The van der Waals surface area contributed by atoms with Crippen molar-refractivity contribution in [3.63, 3.8) is 0 Å². The van der Waals surface area contributed by atoms with E-state index in [0.717, 1.165) is 92.7 Å². The van der Waals surface area contributed by atoms with E-state index in [9.17, 15) is 24.6 Å². The third-order valence-electron chi connectivity index (χ3n) is 14.7. The van der Waals surface area contributed by atoms with Crippen LogP contribution < -0.4 is 25.8 Å². The maximum absolute atomic E-state index is 14.2. The Hall–Kier alpha value is -6.51. The number of urea groups is 1. The van der Waals surface area contributed by atoms with Gasteiger partial charge in [0, 0.05) is 107 Å². The molecule has 4 amide bonds. The number of carbonyl (C=O) groups excluding carboxylic acids is 3. The average molecular weight is 925 g/mol. The summed E-state index contributed by atoms with van der Waals surface area (Å²) >= 11 is 0. The number of terminal acetylenes is 1. The van der Waals surface area contributed by atoms with Gasteiger partial charge in [0.2, 0.25) is 17.8 Å². The van der Waals surface area contributed by atoms with Crippen molar-refractivity contribution in [2.75, 3.05) is 74.0 Å². The molecule has 2 unspecified atom stereocenters. The number of hydrogen-bond acceptors (Lipinski definition) is 13. The smallest absolute Gasteiger partial charge is 0.318 e. The number of aromatic nitrogens is 4. The molecule has 4 saturated heterocycles. The lowest BCUT2D eigenvalue weighted by Crippen LogP contribution is -2.61. The fourth-order valence-corrected chi connectivity index (χ4v) is 10.7. The number of aliphatic hydroxyl groups excluding tert-OH is 1. The highest BCUT2D eigenvalue weighted by molar-refractivity contribution is 5.93. The van der Waals surface area contributed by atoms with Gasteiger partial charge >= 0.3 is 6.03 Å². The van der Waals surface area contributed by atoms with Gasteiger partial charge in [-0.3, -0.25) is 14.5 Å². The summed E-state index contributed by atoms with van der Waals surface area (Å²) in [7, 11) is 0. The van der Waals surface area contributed by atoms with E-state index in [4.69, 9.17) is 16.4 Å². The van der Waals surface area contributed by atoms with E-state index in [0.29, 0.717) is 30.3 Å². The summed E-state index contributed by atoms with van der Waals surface area (Å²) in [6, 6.07) is 14.9. The van der Waals surface area contributed by atoms with Gasteiger partial charge in [0.15, 0.2) is 5.82 Å². The number of piperazine rings is 1. The SMILES string of the molecule is C#Cc1ccc(CNC(=O)[C@@H]2C[C@@H](O)CN2C(=O)[C@@H](NC(=O)N2CCN(CC3CCN(c4cnc(N5CCC6Nc7nnc(-c8ccccc8O)cc7C6[C@@H]5C)nc4)CC3)CC2)C(C)(C)C)cc1. The molecular weight excluding hydrogens is 861 g/mol. The Bertz CT molecular complexity index is 2490. The van der Waals surface area contributed by atoms with E-state index in [2.05, 4.69) is 59.8 Å². The molecule has 2 aromatic heterocycles. The molecule has 358 valence electrons. The fraction of sp³-hybridized carbons (Fsp3) is 0.510. The number of piperidine rings is 2. The van der Waals surface area contributed by atoms with Gasteiger partial charge in [-0.15, -0.1) is 16.6 Å². The molecule has 7 heterocycles. The van der Waals surface area contributed by atoms with E-state index in [1.807, 2.05) is 57.4 Å². The zero-order valence-corrected chi connectivity index (χ0v) is 39.5. The first-order chi connectivity index (χ1) is 32.7. The van der Waals surface area contributed by atoms with Gasteiger partial charge in [0.25, 0.3) is 0 Å². The summed E-state index contributed by atoms with van der Waals surface area (Å²) in [5.74, 6) is 4.26. The summed E-state index contributed by atoms with van der Waals surface area (Å²) in [5, 5.41) is 39.6. The van der Waals surface area contributed by atoms with Gasteiger partial charge in [-0.25, -0.2) is 14.8 Å². The number of β-amino-alcohol motifs (C(OH)–C–C–N with tert-alkyl or cyclic N) is 1. The molecule has 0 spiro atoms. The number of amides is 4. The number of nitrogens with zero attached hydrogens (tertiary/aromatic N) is 9. The topological polar surface area (TPSA) is 196 Å². The molecule has 5 aliphatic heterocycles. The maximum Gasteiger partial charge on any atom is 0.318 e. The predicted octanol–water partition coefficient (Wildman–Crippen LogP) is 4.03. The highest BCUT2D eigenvalue weighted by Gasteiger charge is 2.46. The Morgan fingerprint density at radius 3 is 2.35 bits per heavy atom. The van der Waals surface area contributed by atoms with Crippen LogP contribution in [-0.4, -0.2) is 152 Å². The molecule has 0 saturated carbocycles. The van der Waals surface area contributed by atoms with E-state index in [-0.39, 0.29) is 61.1 Å². The molecule has 9 rings (SSSR count). The number of nitrogens with one attached hydrogen (secondary N) is 3. The number of rotatable bonds is 10. The molecule has 0 aliphatic carbocycles. The van der Waals surface area contributed by atoms with Crippen molar-refractivity contribution in [2.45, 2.75) is 96.1 Å². The quantitative estimate of drug-likeness (QED) is 0.143. The van der Waals surface area contributed by atoms with Gasteiger partial charge in [-0.2, -0.15) is 0 Å². The number of phenols is 1. The van der Waals surface area contributed by atoms with Gasteiger partial charge in [0.1, 0.15) is 17.8 Å². The van der Waals surface area contributed by atoms with E-state index < -0.39 is 23.6 Å². The summed E-state index contributed by atoms with van der Waals surface area (Å²) < 4.78 is 0. The molecule has 0 bridgehead atoms. The number of aliphatic hydroxyl groups is 1. The van der Waals surface area contributed by atoms with Crippen LogP contribution in [0.15, 0.2) is 67.0 Å². The average Bonchev–Trinajstić information content (AvgIpc) is 3.93. The lowest BCUT2D eigenvalue weighted by Gasteiger charge is -2.41. The van der Waals surface area contributed by atoms with Crippen LogP contribution in [0.4, 0.5) is 22.2 Å². The van der Waals surface area contributed by atoms with Crippen molar-refractivity contribution >= 4 is 35.3 Å². The number of likely N-dealkylation sites (tertiary alicyclic amines) is 1. The molecule has 68 heavy (non-hydrogen) atoms. The van der Waals surface area contributed by atoms with E-state index in [1.54, 1.807) is 29.2 Å². The van der Waals surface area contributed by atoms with Crippen LogP contribution >= 0.6 is 0 Å². The number of carbonyl (C=O) groups is 3. The highest BCUT2D eigenvalue weighted by atomic mass is 16.3. The Balaban J connectivity index is 0.732. The maximum atomic E-state index is 14.2. The summed E-state index contributed by atoms with van der Waals surface area (Å²) in [6.07, 6.45) is 11.7. The normalized spacial score (nSPS) is 23.6. The first-order valence-corrected chi connectivity index (χ1v) is 24.1. The van der Waals surface area contributed by atoms with E-state index >= 15 is 0 Å². The molecule has 5 N–H and O–H groups in total. The van der Waals surface area contributed by atoms with Crippen LogP contribution in [0.3, 0.4) is 0 Å². The molecule has 6 atom stereocenters. The zero-order valence-electron chi connectivity index (χ0n) is 39.5. The molecule has 2 aromatic carbocycles. The largest absolute Gasteiger partial charge is 0.507 e. The minimum Gasteiger partial charge on any atom is -0.507 e. The lowest BCUT2D eigenvalue weighted by atomic mass is 9.83. The van der Waals surface area contributed by atoms with Crippen molar-refractivity contribution < 1.29 is 24.6 Å². The second-order valence-corrected chi connectivity index (χ2v) is 20.2. The first kappa shape index (κ1) is 46.6. The third-order valence-corrected chi connectivity index (χ3v) is 14.7. The Morgan fingerprint density at radius 2 is 1.66 bits per heavy atom. The minimum absolute atomic E-state index is 0.0175. The highest BCUT2D eigenvalue weighted by Crippen LogP contribution is 2.44. The molecule has 4 fully saturated rings. The Labute approximate surface area is 398 Å². The predicted molar refractivity (Wildman–Crippen MR) is 260 cm³/mol. The van der Waals surface area contributed by atoms with Crippen LogP contribution in [-0.2, 0) is 16.1 Å². The molecule has 17 nitrogen and oxygen atoms in total. The number of aromatic hydroxyl groups is 1. The van der Waals surface area contributed by atoms with Gasteiger partial charge in [-0.05, 0) is 73.4 Å². The van der Waals surface area contributed by atoms with Gasteiger partial charge < -0.3 is 45.8 Å². The van der Waals surface area contributed by atoms with Crippen LogP contribution in [0.5, 0.6) is 5.75 Å². The van der Waals surface area contributed by atoms with Crippen LogP contribution in [0.1, 0.15) is 76.0 Å². The number of fused-ring (bicyclic) bond motifs is 3. The summed E-state index contributed by atoms with van der Waals surface area (Å²) in [6.45, 7) is 14.4. The van der Waals surface area contributed by atoms with Crippen molar-refractivity contribution in [3.05, 3.63) is 83.7 Å². The molecule has 17 heteroatoms. The van der Waals surface area contributed by atoms with Crippen molar-refractivity contribution in [1.82, 2.24) is 45.5 Å². The molecule has 4 aromatic rings. The number of para-hydroxylation sites is 1.